The van der Waals surface area contributed by atoms with Crippen LogP contribution in [0.1, 0.15) is 32.7 Å². The molecule has 2 aromatic heterocycles. The number of piperidine rings is 1. The van der Waals surface area contributed by atoms with Gasteiger partial charge in [0.1, 0.15) is 4.88 Å². The Bertz CT molecular complexity index is 1100. The van der Waals surface area contributed by atoms with Gasteiger partial charge in [0.05, 0.1) is 10.7 Å². The predicted molar refractivity (Wildman–Crippen MR) is 110 cm³/mol. The second kappa shape index (κ2) is 6.71. The van der Waals surface area contributed by atoms with Crippen LogP contribution in [0, 0.1) is 12.8 Å². The molecule has 1 fully saturated rings. The summed E-state index contributed by atoms with van der Waals surface area (Å²) in [7, 11) is 0. The Morgan fingerprint density at radius 1 is 1.07 bits per heavy atom. The summed E-state index contributed by atoms with van der Waals surface area (Å²) in [6, 6.07) is 15.4. The summed E-state index contributed by atoms with van der Waals surface area (Å²) < 4.78 is 1.90. The summed E-state index contributed by atoms with van der Waals surface area (Å²) in [5.41, 5.74) is 2.88. The summed E-state index contributed by atoms with van der Waals surface area (Å²) in [4.78, 5) is 33.0. The van der Waals surface area contributed by atoms with E-state index in [1.54, 1.807) is 6.07 Å². The van der Waals surface area contributed by atoms with Crippen LogP contribution in [0.5, 0.6) is 0 Å². The summed E-state index contributed by atoms with van der Waals surface area (Å²) in [5, 5.41) is 0.899. The third-order valence-corrected chi connectivity index (χ3v) is 6.70. The molecule has 0 radical (unpaired) electrons. The van der Waals surface area contributed by atoms with Crippen molar-refractivity contribution < 1.29 is 4.79 Å². The number of aryl methyl sites for hydroxylation is 1. The van der Waals surface area contributed by atoms with Crippen molar-refractivity contribution in [1.82, 2.24) is 14.5 Å². The first-order valence-corrected chi connectivity index (χ1v) is 10.4. The summed E-state index contributed by atoms with van der Waals surface area (Å²) >= 11 is 1.47. The number of hydrogen-bond donors (Lipinski definition) is 0. The van der Waals surface area contributed by atoms with Crippen molar-refractivity contribution in [1.29, 1.82) is 0 Å². The molecule has 4 heterocycles. The van der Waals surface area contributed by atoms with Crippen molar-refractivity contribution in [2.45, 2.75) is 25.8 Å². The van der Waals surface area contributed by atoms with E-state index in [4.69, 9.17) is 0 Å². The fraction of sp³-hybridized carbons (Fsp3) is 0.318. The van der Waals surface area contributed by atoms with Gasteiger partial charge in [-0.15, -0.1) is 11.3 Å². The van der Waals surface area contributed by atoms with Crippen molar-refractivity contribution in [3.05, 3.63) is 74.5 Å². The number of nitrogens with zero attached hydrogens (tertiary/aromatic N) is 3. The van der Waals surface area contributed by atoms with Crippen LogP contribution in [0.4, 0.5) is 0 Å². The average Bonchev–Trinajstić information content (AvgIpc) is 3.10. The van der Waals surface area contributed by atoms with E-state index in [-0.39, 0.29) is 17.4 Å². The summed E-state index contributed by atoms with van der Waals surface area (Å²) in [6.07, 6.45) is 1.04. The van der Waals surface area contributed by atoms with Gasteiger partial charge in [0.2, 0.25) is 0 Å². The third-order valence-electron chi connectivity index (χ3n) is 5.74. The minimum absolute atomic E-state index is 0.0610. The maximum absolute atomic E-state index is 13.4. The van der Waals surface area contributed by atoms with Gasteiger partial charge in [-0.05, 0) is 25.3 Å². The van der Waals surface area contributed by atoms with Crippen LogP contribution in [-0.2, 0) is 6.54 Å². The number of aromatic nitrogens is 2. The molecule has 2 aliphatic rings. The zero-order valence-electron chi connectivity index (χ0n) is 15.7. The number of benzene rings is 1. The van der Waals surface area contributed by atoms with Crippen molar-refractivity contribution in [3.8, 4) is 11.3 Å². The molecule has 1 amide bonds. The Morgan fingerprint density at radius 3 is 2.71 bits per heavy atom. The molecule has 0 aliphatic carbocycles. The highest BCUT2D eigenvalue weighted by Gasteiger charge is 2.37. The lowest BCUT2D eigenvalue weighted by Gasteiger charge is -2.42. The van der Waals surface area contributed by atoms with Crippen molar-refractivity contribution in [2.75, 3.05) is 13.1 Å². The third kappa shape index (κ3) is 2.88. The molecule has 5 rings (SSSR count). The molecule has 5 nitrogen and oxygen atoms in total. The maximum atomic E-state index is 13.4. The van der Waals surface area contributed by atoms with E-state index in [0.717, 1.165) is 28.4 Å². The smallest absolute Gasteiger partial charge is 0.266 e. The van der Waals surface area contributed by atoms with E-state index >= 15 is 0 Å². The molecule has 2 unspecified atom stereocenters. The molecule has 2 aliphatic heterocycles. The molecule has 1 saturated heterocycles. The number of rotatable bonds is 2. The molecule has 28 heavy (non-hydrogen) atoms. The zero-order valence-corrected chi connectivity index (χ0v) is 16.5. The number of amides is 1. The van der Waals surface area contributed by atoms with Gasteiger partial charge >= 0.3 is 0 Å². The van der Waals surface area contributed by atoms with E-state index < -0.39 is 0 Å². The second-order valence-electron chi connectivity index (χ2n) is 7.68. The number of hydrogen-bond acceptors (Lipinski definition) is 4. The molecule has 2 atom stereocenters. The summed E-state index contributed by atoms with van der Waals surface area (Å²) in [6.45, 7) is 4.00. The van der Waals surface area contributed by atoms with E-state index in [1.165, 1.54) is 11.3 Å². The molecule has 142 valence electrons. The van der Waals surface area contributed by atoms with Gasteiger partial charge in [-0.2, -0.15) is 0 Å². The zero-order chi connectivity index (χ0) is 19.3. The Morgan fingerprint density at radius 2 is 1.89 bits per heavy atom. The molecule has 0 saturated carbocycles. The molecule has 6 heteroatoms. The highest BCUT2D eigenvalue weighted by Crippen LogP contribution is 2.37. The molecular formula is C22H21N3O2S. The highest BCUT2D eigenvalue weighted by atomic mass is 32.1. The van der Waals surface area contributed by atoms with Gasteiger partial charge in [0.15, 0.2) is 0 Å². The van der Waals surface area contributed by atoms with Crippen LogP contribution in [0.2, 0.25) is 0 Å². The number of likely N-dealkylation sites (tertiary alicyclic amines) is 1. The van der Waals surface area contributed by atoms with E-state index in [2.05, 4.69) is 4.98 Å². The van der Waals surface area contributed by atoms with Crippen LogP contribution in [0.3, 0.4) is 0 Å². The van der Waals surface area contributed by atoms with Crippen molar-refractivity contribution in [3.63, 3.8) is 0 Å². The minimum Gasteiger partial charge on any atom is -0.337 e. The monoisotopic (exact) mass is 391 g/mol. The Hall–Kier alpha value is -2.73. The Balaban J connectivity index is 1.48. The number of fused-ring (bicyclic) bond motifs is 4. The largest absolute Gasteiger partial charge is 0.337 e. The van der Waals surface area contributed by atoms with Gasteiger partial charge in [0, 0.05) is 42.9 Å². The normalized spacial score (nSPS) is 20.7. The number of carbonyl (C=O) groups excluding carboxylic acids is 1. The molecule has 2 bridgehead atoms. The van der Waals surface area contributed by atoms with Crippen LogP contribution in [-0.4, -0.2) is 33.4 Å². The standard InChI is InChI=1S/C22H21N3O2S/c1-14-23-20(16-6-3-2-4-7-16)21(28-14)22(27)24-11-15-10-17(13-24)18-8-5-9-19(26)25(18)12-15/h2-9,15,17H,10-13H2,1H3. The fourth-order valence-corrected chi connectivity index (χ4v) is 5.48. The van der Waals surface area contributed by atoms with Crippen LogP contribution in [0.15, 0.2) is 53.3 Å². The lowest BCUT2D eigenvalue weighted by molar-refractivity contribution is 0.0600. The van der Waals surface area contributed by atoms with Crippen LogP contribution >= 0.6 is 11.3 Å². The molecule has 1 aromatic carbocycles. The van der Waals surface area contributed by atoms with E-state index in [1.807, 2.05) is 58.9 Å². The van der Waals surface area contributed by atoms with Gasteiger partial charge in [-0.1, -0.05) is 36.4 Å². The first kappa shape index (κ1) is 17.4. The first-order valence-electron chi connectivity index (χ1n) is 9.62. The first-order chi connectivity index (χ1) is 13.6. The topological polar surface area (TPSA) is 55.2 Å². The SMILES string of the molecule is Cc1nc(-c2ccccc2)c(C(=O)N2CC3CC(C2)c2cccc(=O)n2C3)s1. The Labute approximate surface area is 167 Å². The lowest BCUT2D eigenvalue weighted by atomic mass is 9.83. The second-order valence-corrected chi connectivity index (χ2v) is 8.89. The minimum atomic E-state index is 0.0610. The van der Waals surface area contributed by atoms with Crippen LogP contribution in [0.25, 0.3) is 11.3 Å². The van der Waals surface area contributed by atoms with Crippen molar-refractivity contribution in [2.24, 2.45) is 5.92 Å². The highest BCUT2D eigenvalue weighted by molar-refractivity contribution is 7.14. The molecule has 0 spiro atoms. The van der Waals surface area contributed by atoms with Gasteiger partial charge in [-0.25, -0.2) is 4.98 Å². The van der Waals surface area contributed by atoms with Crippen LogP contribution < -0.4 is 5.56 Å². The van der Waals surface area contributed by atoms with Gasteiger partial charge in [0.25, 0.3) is 11.5 Å². The average molecular weight is 391 g/mol. The Kier molecular flexibility index (Phi) is 4.16. The molecule has 0 N–H and O–H groups in total. The molecular weight excluding hydrogens is 370 g/mol. The van der Waals surface area contributed by atoms with E-state index in [0.29, 0.717) is 30.4 Å². The van der Waals surface area contributed by atoms with Gasteiger partial charge < -0.3 is 9.47 Å². The quantitative estimate of drug-likeness (QED) is 0.671. The predicted octanol–water partition coefficient (Wildman–Crippen LogP) is 3.54. The molecule has 3 aromatic rings. The lowest BCUT2D eigenvalue weighted by Crippen LogP contribution is -2.49. The number of carbonyl (C=O) groups is 1. The number of pyridine rings is 1. The van der Waals surface area contributed by atoms with Gasteiger partial charge in [-0.3, -0.25) is 9.59 Å². The maximum Gasteiger partial charge on any atom is 0.266 e. The van der Waals surface area contributed by atoms with E-state index in [9.17, 15) is 9.59 Å². The number of thiazole rings is 1. The fourth-order valence-electron chi connectivity index (χ4n) is 4.57. The van der Waals surface area contributed by atoms with Crippen molar-refractivity contribution >= 4 is 17.2 Å². The summed E-state index contributed by atoms with van der Waals surface area (Å²) in [5.74, 6) is 0.606.